The molecule has 1 aromatic carbocycles. The van der Waals surface area contributed by atoms with Crippen molar-refractivity contribution in [1.82, 2.24) is 0 Å². The number of hydrogen-bond acceptors (Lipinski definition) is 6. The number of carbonyl (C=O) groups excluding carboxylic acids is 2. The van der Waals surface area contributed by atoms with Gasteiger partial charge in [0.1, 0.15) is 0 Å². The van der Waals surface area contributed by atoms with Crippen LogP contribution in [0, 0.1) is 0 Å². The van der Waals surface area contributed by atoms with Crippen LogP contribution in [0.1, 0.15) is 6.92 Å². The summed E-state index contributed by atoms with van der Waals surface area (Å²) in [5.74, 6) is -2.11. The van der Waals surface area contributed by atoms with E-state index in [1.165, 1.54) is 12.1 Å². The Hall–Kier alpha value is -2.42. The second kappa shape index (κ2) is 5.52. The quantitative estimate of drug-likeness (QED) is 0.631. The summed E-state index contributed by atoms with van der Waals surface area (Å²) >= 11 is 0. The van der Waals surface area contributed by atoms with Gasteiger partial charge in [0.2, 0.25) is 0 Å². The van der Waals surface area contributed by atoms with Gasteiger partial charge in [-0.25, -0.2) is 4.79 Å². The predicted octanol–water partition coefficient (Wildman–Crippen LogP) is 0.837. The number of nitrogens with two attached hydrogens (primary N) is 1. The standard InChI is InChI=1S/C12H12F2N2O5/c1-2-19-11(18)9(15)10(17)16-6-3-4-7-8(5-6)21-12(13,14)20-7/h3-5,9H,2,15H2,1H3,(H,16,17). The molecule has 1 aromatic rings. The Kier molecular flexibility index (Phi) is 3.94. The largest absolute Gasteiger partial charge is 0.586 e. The number of fused-ring (bicyclic) bond motifs is 1. The van der Waals surface area contributed by atoms with Crippen LogP contribution < -0.4 is 20.5 Å². The van der Waals surface area contributed by atoms with Gasteiger partial charge in [-0.05, 0) is 19.1 Å². The highest BCUT2D eigenvalue weighted by Crippen LogP contribution is 2.42. The minimum absolute atomic E-state index is 0.0823. The van der Waals surface area contributed by atoms with Crippen molar-refractivity contribution in [3.05, 3.63) is 18.2 Å². The highest BCUT2D eigenvalue weighted by atomic mass is 19.3. The molecule has 0 radical (unpaired) electrons. The van der Waals surface area contributed by atoms with E-state index in [4.69, 9.17) is 5.73 Å². The van der Waals surface area contributed by atoms with Crippen LogP contribution in [-0.4, -0.2) is 30.8 Å². The molecule has 7 nitrogen and oxygen atoms in total. The number of carbonyl (C=O) groups is 2. The van der Waals surface area contributed by atoms with E-state index in [0.717, 1.165) is 6.07 Å². The van der Waals surface area contributed by atoms with E-state index >= 15 is 0 Å². The second-order valence-corrected chi connectivity index (χ2v) is 4.05. The SMILES string of the molecule is CCOC(=O)C(N)C(=O)Nc1ccc2c(c1)OC(F)(F)O2. The van der Waals surface area contributed by atoms with Gasteiger partial charge in [0.05, 0.1) is 6.61 Å². The number of alkyl halides is 2. The van der Waals surface area contributed by atoms with Crippen LogP contribution in [0.5, 0.6) is 11.5 Å². The van der Waals surface area contributed by atoms with E-state index in [-0.39, 0.29) is 23.8 Å². The smallest absolute Gasteiger partial charge is 0.464 e. The molecule has 0 aromatic heterocycles. The topological polar surface area (TPSA) is 99.9 Å². The molecule has 1 atom stereocenters. The van der Waals surface area contributed by atoms with Crippen LogP contribution >= 0.6 is 0 Å². The zero-order chi connectivity index (χ0) is 15.6. The van der Waals surface area contributed by atoms with Crippen molar-refractivity contribution in [3.63, 3.8) is 0 Å². The first-order valence-corrected chi connectivity index (χ1v) is 5.95. The fourth-order valence-corrected chi connectivity index (χ4v) is 1.59. The van der Waals surface area contributed by atoms with Gasteiger partial charge in [0.25, 0.3) is 5.91 Å². The number of rotatable bonds is 4. The van der Waals surface area contributed by atoms with Gasteiger partial charge in [-0.15, -0.1) is 8.78 Å². The zero-order valence-electron chi connectivity index (χ0n) is 10.9. The molecule has 1 aliphatic heterocycles. The lowest BCUT2D eigenvalue weighted by Crippen LogP contribution is -2.43. The summed E-state index contributed by atoms with van der Waals surface area (Å²) in [6.07, 6.45) is -3.74. The normalized spacial score (nSPS) is 16.2. The lowest BCUT2D eigenvalue weighted by atomic mass is 10.2. The Balaban J connectivity index is 2.05. The zero-order valence-corrected chi connectivity index (χ0v) is 10.9. The molecule has 3 N–H and O–H groups in total. The summed E-state index contributed by atoms with van der Waals surface area (Å²) in [6.45, 7) is 1.65. The van der Waals surface area contributed by atoms with E-state index in [0.29, 0.717) is 0 Å². The Morgan fingerprint density at radius 3 is 2.71 bits per heavy atom. The van der Waals surface area contributed by atoms with Gasteiger partial charge in [0, 0.05) is 11.8 Å². The van der Waals surface area contributed by atoms with Gasteiger partial charge < -0.3 is 25.3 Å². The Bertz CT molecular complexity index is 579. The van der Waals surface area contributed by atoms with Crippen molar-refractivity contribution in [2.45, 2.75) is 19.3 Å². The maximum Gasteiger partial charge on any atom is 0.586 e. The molecule has 0 aliphatic carbocycles. The molecular formula is C12H12F2N2O5. The number of nitrogens with one attached hydrogen (secondary N) is 1. The molecule has 1 amide bonds. The highest BCUT2D eigenvalue weighted by Gasteiger charge is 2.43. The molecule has 1 aliphatic rings. The number of hydrogen-bond donors (Lipinski definition) is 2. The molecule has 9 heteroatoms. The maximum atomic E-state index is 12.8. The van der Waals surface area contributed by atoms with Crippen molar-refractivity contribution < 1.29 is 32.6 Å². The summed E-state index contributed by atoms with van der Waals surface area (Å²) < 4.78 is 38.7. The monoisotopic (exact) mass is 302 g/mol. The molecule has 0 spiro atoms. The molecule has 0 saturated heterocycles. The Morgan fingerprint density at radius 1 is 1.38 bits per heavy atom. The van der Waals surface area contributed by atoms with Crippen LogP contribution in [0.25, 0.3) is 0 Å². The van der Waals surface area contributed by atoms with Crippen molar-refractivity contribution in [2.24, 2.45) is 5.73 Å². The average molecular weight is 302 g/mol. The lowest BCUT2D eigenvalue weighted by molar-refractivity contribution is -0.286. The van der Waals surface area contributed by atoms with Crippen LogP contribution in [0.3, 0.4) is 0 Å². The van der Waals surface area contributed by atoms with Crippen molar-refractivity contribution >= 4 is 17.6 Å². The highest BCUT2D eigenvalue weighted by molar-refractivity contribution is 6.08. The number of amides is 1. The Labute approximate surface area is 117 Å². The van der Waals surface area contributed by atoms with Crippen LogP contribution in [0.2, 0.25) is 0 Å². The Morgan fingerprint density at radius 2 is 2.05 bits per heavy atom. The third-order valence-corrected chi connectivity index (χ3v) is 2.49. The van der Waals surface area contributed by atoms with Crippen molar-refractivity contribution in [2.75, 3.05) is 11.9 Å². The van der Waals surface area contributed by atoms with E-state index in [1.54, 1.807) is 6.92 Å². The van der Waals surface area contributed by atoms with Crippen LogP contribution in [-0.2, 0) is 14.3 Å². The predicted molar refractivity (Wildman–Crippen MR) is 65.9 cm³/mol. The molecule has 114 valence electrons. The minimum Gasteiger partial charge on any atom is -0.464 e. The number of halogens is 2. The summed E-state index contributed by atoms with van der Waals surface area (Å²) in [4.78, 5) is 23.0. The van der Waals surface area contributed by atoms with Gasteiger partial charge >= 0.3 is 12.3 Å². The molecular weight excluding hydrogens is 290 g/mol. The fraction of sp³-hybridized carbons (Fsp3) is 0.333. The first-order valence-electron chi connectivity index (χ1n) is 5.95. The molecule has 0 bridgehead atoms. The molecule has 21 heavy (non-hydrogen) atoms. The van der Waals surface area contributed by atoms with Crippen molar-refractivity contribution in [3.8, 4) is 11.5 Å². The number of anilines is 1. The number of esters is 1. The summed E-state index contributed by atoms with van der Waals surface area (Å²) in [5.41, 5.74) is 5.51. The van der Waals surface area contributed by atoms with Gasteiger partial charge in [0.15, 0.2) is 17.5 Å². The minimum atomic E-state index is -3.74. The maximum absolute atomic E-state index is 12.8. The van der Waals surface area contributed by atoms with E-state index in [2.05, 4.69) is 19.5 Å². The van der Waals surface area contributed by atoms with E-state index in [9.17, 15) is 18.4 Å². The first kappa shape index (κ1) is 15.0. The van der Waals surface area contributed by atoms with Gasteiger partial charge in [-0.1, -0.05) is 0 Å². The van der Waals surface area contributed by atoms with Crippen LogP contribution in [0.4, 0.5) is 14.5 Å². The third-order valence-electron chi connectivity index (χ3n) is 2.49. The first-order chi connectivity index (χ1) is 9.82. The van der Waals surface area contributed by atoms with E-state index < -0.39 is 24.2 Å². The average Bonchev–Trinajstić information content (AvgIpc) is 2.71. The molecule has 0 saturated carbocycles. The second-order valence-electron chi connectivity index (χ2n) is 4.05. The van der Waals surface area contributed by atoms with Gasteiger partial charge in [-0.3, -0.25) is 4.79 Å². The number of ether oxygens (including phenoxy) is 3. The number of benzene rings is 1. The van der Waals surface area contributed by atoms with Gasteiger partial charge in [-0.2, -0.15) is 0 Å². The van der Waals surface area contributed by atoms with Crippen LogP contribution in [0.15, 0.2) is 18.2 Å². The summed E-state index contributed by atoms with van der Waals surface area (Å²) in [5, 5.41) is 2.29. The summed E-state index contributed by atoms with van der Waals surface area (Å²) in [7, 11) is 0. The molecule has 2 rings (SSSR count). The molecule has 0 fully saturated rings. The summed E-state index contributed by atoms with van der Waals surface area (Å²) in [6, 6.07) is 2.12. The van der Waals surface area contributed by atoms with Crippen molar-refractivity contribution in [1.29, 1.82) is 0 Å². The third kappa shape index (κ3) is 3.37. The van der Waals surface area contributed by atoms with E-state index in [1.807, 2.05) is 0 Å². The fourth-order valence-electron chi connectivity index (χ4n) is 1.59. The lowest BCUT2D eigenvalue weighted by Gasteiger charge is -2.11. The molecule has 1 unspecified atom stereocenters. The molecule has 1 heterocycles.